The SMILES string of the molecule is CCn1nc(CN=[N+]=[N-])c2ccccc21. The van der Waals surface area contributed by atoms with E-state index in [9.17, 15) is 0 Å². The van der Waals surface area contributed by atoms with Crippen LogP contribution in [0.3, 0.4) is 0 Å². The zero-order valence-corrected chi connectivity index (χ0v) is 8.46. The number of benzene rings is 1. The quantitative estimate of drug-likeness (QED) is 0.427. The highest BCUT2D eigenvalue weighted by Gasteiger charge is 2.07. The fourth-order valence-electron chi connectivity index (χ4n) is 1.65. The fraction of sp³-hybridized carbons (Fsp3) is 0.300. The monoisotopic (exact) mass is 201 g/mol. The fourth-order valence-corrected chi connectivity index (χ4v) is 1.65. The van der Waals surface area contributed by atoms with Gasteiger partial charge < -0.3 is 0 Å². The smallest absolute Gasteiger partial charge is 0.0761 e. The van der Waals surface area contributed by atoms with Gasteiger partial charge in [-0.05, 0) is 18.5 Å². The summed E-state index contributed by atoms with van der Waals surface area (Å²) in [6, 6.07) is 7.96. The molecule has 0 aliphatic rings. The molecule has 0 aliphatic heterocycles. The van der Waals surface area contributed by atoms with Crippen molar-refractivity contribution in [1.82, 2.24) is 9.78 Å². The van der Waals surface area contributed by atoms with Crippen molar-refractivity contribution < 1.29 is 0 Å². The molecule has 0 N–H and O–H groups in total. The van der Waals surface area contributed by atoms with Gasteiger partial charge in [-0.1, -0.05) is 23.3 Å². The first kappa shape index (κ1) is 9.55. The average Bonchev–Trinajstić information content (AvgIpc) is 2.65. The van der Waals surface area contributed by atoms with E-state index in [0.717, 1.165) is 23.1 Å². The summed E-state index contributed by atoms with van der Waals surface area (Å²) in [6.07, 6.45) is 0. The molecule has 1 aromatic carbocycles. The summed E-state index contributed by atoms with van der Waals surface area (Å²) in [6.45, 7) is 3.16. The maximum atomic E-state index is 8.29. The lowest BCUT2D eigenvalue weighted by atomic mass is 10.2. The molecule has 0 fully saturated rings. The maximum Gasteiger partial charge on any atom is 0.0761 e. The normalized spacial score (nSPS) is 10.2. The number of aromatic nitrogens is 2. The minimum absolute atomic E-state index is 0.310. The maximum absolute atomic E-state index is 8.29. The first-order chi connectivity index (χ1) is 7.36. The standard InChI is InChI=1S/C10H11N5/c1-2-15-10-6-4-3-5-8(10)9(13-15)7-12-14-11/h3-6H,2,7H2,1H3. The number of aryl methyl sites for hydroxylation is 1. The molecular formula is C10H11N5. The summed E-state index contributed by atoms with van der Waals surface area (Å²) in [5.41, 5.74) is 10.2. The van der Waals surface area contributed by atoms with Crippen LogP contribution in [-0.4, -0.2) is 9.78 Å². The predicted octanol–water partition coefficient (Wildman–Crippen LogP) is 2.87. The van der Waals surface area contributed by atoms with E-state index in [4.69, 9.17) is 5.53 Å². The molecule has 1 aromatic heterocycles. The molecule has 0 saturated carbocycles. The summed E-state index contributed by atoms with van der Waals surface area (Å²) < 4.78 is 1.91. The van der Waals surface area contributed by atoms with Gasteiger partial charge in [0.1, 0.15) is 0 Å². The van der Waals surface area contributed by atoms with Crippen LogP contribution in [0.15, 0.2) is 29.4 Å². The number of hydrogen-bond acceptors (Lipinski definition) is 2. The van der Waals surface area contributed by atoms with E-state index >= 15 is 0 Å². The van der Waals surface area contributed by atoms with E-state index in [-0.39, 0.29) is 0 Å². The third-order valence-corrected chi connectivity index (χ3v) is 2.32. The summed E-state index contributed by atoms with van der Waals surface area (Å²) in [7, 11) is 0. The summed E-state index contributed by atoms with van der Waals surface area (Å²) in [4.78, 5) is 2.75. The highest BCUT2D eigenvalue weighted by Crippen LogP contribution is 2.18. The van der Waals surface area contributed by atoms with Crippen molar-refractivity contribution in [1.29, 1.82) is 0 Å². The van der Waals surface area contributed by atoms with Crippen LogP contribution in [0.2, 0.25) is 0 Å². The van der Waals surface area contributed by atoms with Crippen LogP contribution in [0.5, 0.6) is 0 Å². The molecule has 0 radical (unpaired) electrons. The lowest BCUT2D eigenvalue weighted by Crippen LogP contribution is -1.96. The van der Waals surface area contributed by atoms with Gasteiger partial charge in [-0.15, -0.1) is 0 Å². The van der Waals surface area contributed by atoms with Gasteiger partial charge in [0.25, 0.3) is 0 Å². The molecule has 0 atom stereocenters. The Hall–Kier alpha value is -2.00. The van der Waals surface area contributed by atoms with Gasteiger partial charge in [0, 0.05) is 16.8 Å². The van der Waals surface area contributed by atoms with Gasteiger partial charge in [0.15, 0.2) is 0 Å². The number of nitrogens with zero attached hydrogens (tertiary/aromatic N) is 5. The van der Waals surface area contributed by atoms with Crippen LogP contribution in [0.1, 0.15) is 12.6 Å². The molecule has 1 heterocycles. The number of rotatable bonds is 3. The summed E-state index contributed by atoms with van der Waals surface area (Å²) >= 11 is 0. The Morgan fingerprint density at radius 3 is 3.00 bits per heavy atom. The lowest BCUT2D eigenvalue weighted by molar-refractivity contribution is 0.668. The Labute approximate surface area is 86.9 Å². The molecular weight excluding hydrogens is 190 g/mol. The van der Waals surface area contributed by atoms with Crippen molar-refractivity contribution in [3.05, 3.63) is 40.4 Å². The zero-order chi connectivity index (χ0) is 10.7. The number of hydrogen-bond donors (Lipinski definition) is 0. The van der Waals surface area contributed by atoms with Crippen molar-refractivity contribution in [2.45, 2.75) is 20.0 Å². The molecule has 76 valence electrons. The molecule has 2 aromatic rings. The van der Waals surface area contributed by atoms with Crippen molar-refractivity contribution >= 4 is 10.9 Å². The van der Waals surface area contributed by atoms with E-state index in [0.29, 0.717) is 6.54 Å². The number of azide groups is 1. The molecule has 0 amide bonds. The zero-order valence-electron chi connectivity index (χ0n) is 8.46. The van der Waals surface area contributed by atoms with Gasteiger partial charge in [0.2, 0.25) is 0 Å². The van der Waals surface area contributed by atoms with Crippen molar-refractivity contribution in [2.24, 2.45) is 5.11 Å². The molecule has 0 saturated heterocycles. The van der Waals surface area contributed by atoms with Crippen LogP contribution in [-0.2, 0) is 13.1 Å². The lowest BCUT2D eigenvalue weighted by Gasteiger charge is -1.95. The van der Waals surface area contributed by atoms with Gasteiger partial charge in [-0.3, -0.25) is 4.68 Å². The molecule has 0 spiro atoms. The van der Waals surface area contributed by atoms with Crippen molar-refractivity contribution in [3.8, 4) is 0 Å². The summed E-state index contributed by atoms with van der Waals surface area (Å²) in [5, 5.41) is 9.00. The third-order valence-electron chi connectivity index (χ3n) is 2.32. The van der Waals surface area contributed by atoms with E-state index in [2.05, 4.69) is 15.1 Å². The first-order valence-corrected chi connectivity index (χ1v) is 4.82. The van der Waals surface area contributed by atoms with E-state index in [1.807, 2.05) is 35.9 Å². The minimum Gasteiger partial charge on any atom is -0.265 e. The Morgan fingerprint density at radius 1 is 1.47 bits per heavy atom. The second-order valence-electron chi connectivity index (χ2n) is 3.17. The van der Waals surface area contributed by atoms with Gasteiger partial charge in [0.05, 0.1) is 17.8 Å². The molecule has 15 heavy (non-hydrogen) atoms. The molecule has 5 nitrogen and oxygen atoms in total. The molecule has 0 bridgehead atoms. The van der Waals surface area contributed by atoms with Crippen molar-refractivity contribution in [3.63, 3.8) is 0 Å². The van der Waals surface area contributed by atoms with Crippen LogP contribution in [0.25, 0.3) is 21.3 Å². The second kappa shape index (κ2) is 4.02. The number of para-hydroxylation sites is 1. The van der Waals surface area contributed by atoms with E-state index < -0.39 is 0 Å². The largest absolute Gasteiger partial charge is 0.265 e. The molecule has 2 rings (SSSR count). The van der Waals surface area contributed by atoms with Gasteiger partial charge in [-0.2, -0.15) is 5.10 Å². The van der Waals surface area contributed by atoms with Crippen LogP contribution in [0.4, 0.5) is 0 Å². The second-order valence-corrected chi connectivity index (χ2v) is 3.17. The topological polar surface area (TPSA) is 66.6 Å². The highest BCUT2D eigenvalue weighted by molar-refractivity contribution is 5.81. The third kappa shape index (κ3) is 1.65. The van der Waals surface area contributed by atoms with Crippen LogP contribution < -0.4 is 0 Å². The van der Waals surface area contributed by atoms with E-state index in [1.165, 1.54) is 0 Å². The predicted molar refractivity (Wildman–Crippen MR) is 58.3 cm³/mol. The Bertz CT molecular complexity index is 522. The Balaban J connectivity index is 2.59. The summed E-state index contributed by atoms with van der Waals surface area (Å²) in [5.74, 6) is 0. The molecule has 0 unspecified atom stereocenters. The molecule has 0 aliphatic carbocycles. The van der Waals surface area contributed by atoms with Gasteiger partial charge in [-0.25, -0.2) is 0 Å². The van der Waals surface area contributed by atoms with Crippen LogP contribution >= 0.6 is 0 Å². The van der Waals surface area contributed by atoms with Crippen LogP contribution in [0, 0.1) is 0 Å². The Morgan fingerprint density at radius 2 is 2.27 bits per heavy atom. The van der Waals surface area contributed by atoms with E-state index in [1.54, 1.807) is 0 Å². The average molecular weight is 201 g/mol. The minimum atomic E-state index is 0.310. The highest BCUT2D eigenvalue weighted by atomic mass is 15.3. The van der Waals surface area contributed by atoms with Crippen molar-refractivity contribution in [2.75, 3.05) is 0 Å². The molecule has 5 heteroatoms. The first-order valence-electron chi connectivity index (χ1n) is 4.82. The number of fused-ring (bicyclic) bond motifs is 1. The Kier molecular flexibility index (Phi) is 2.56. The van der Waals surface area contributed by atoms with Gasteiger partial charge >= 0.3 is 0 Å².